The normalized spacial score (nSPS) is 13.4. The van der Waals surface area contributed by atoms with Crippen LogP contribution < -0.4 is 10.6 Å². The van der Waals surface area contributed by atoms with Crippen LogP contribution in [0.1, 0.15) is 31.1 Å². The van der Waals surface area contributed by atoms with E-state index in [9.17, 15) is 18.0 Å². The predicted octanol–water partition coefficient (Wildman–Crippen LogP) is 2.23. The van der Waals surface area contributed by atoms with Crippen LogP contribution in [0.5, 0.6) is 0 Å². The Hall–Kier alpha value is -2.67. The molecular weight excluding hydrogens is 364 g/mol. The smallest absolute Gasteiger partial charge is 0.309 e. The third-order valence-electron chi connectivity index (χ3n) is 4.26. The van der Waals surface area contributed by atoms with Gasteiger partial charge in [0.05, 0.1) is 4.90 Å². The summed E-state index contributed by atoms with van der Waals surface area (Å²) in [6.45, 7) is 3.48. The molecule has 0 heterocycles. The van der Waals surface area contributed by atoms with Crippen LogP contribution in [-0.2, 0) is 19.4 Å². The van der Waals surface area contributed by atoms with Crippen LogP contribution in [0.4, 0.5) is 0 Å². The summed E-state index contributed by atoms with van der Waals surface area (Å²) in [6.07, 6.45) is 0.689. The standard InChI is InChI=1S/C20H24N2O4S/c1-3-15(2)22-20(24)19(23)21-14-18(16-10-6-4-7-11-16)27(25,26)17-12-8-5-9-13-17/h4-13,15,18H,3,14H2,1-2H3,(H,21,23)(H,22,24)/t15-,18-/m0/s1. The van der Waals surface area contributed by atoms with Crippen molar-refractivity contribution in [1.29, 1.82) is 0 Å². The van der Waals surface area contributed by atoms with Crippen LogP contribution in [0.15, 0.2) is 65.6 Å². The van der Waals surface area contributed by atoms with E-state index in [0.717, 1.165) is 0 Å². The van der Waals surface area contributed by atoms with Crippen molar-refractivity contribution in [2.24, 2.45) is 0 Å². The molecule has 144 valence electrons. The molecule has 6 nitrogen and oxygen atoms in total. The van der Waals surface area contributed by atoms with Gasteiger partial charge < -0.3 is 10.6 Å². The predicted molar refractivity (Wildman–Crippen MR) is 104 cm³/mol. The lowest BCUT2D eigenvalue weighted by atomic mass is 10.1. The van der Waals surface area contributed by atoms with E-state index in [0.29, 0.717) is 12.0 Å². The maximum Gasteiger partial charge on any atom is 0.309 e. The highest BCUT2D eigenvalue weighted by atomic mass is 32.2. The van der Waals surface area contributed by atoms with Crippen molar-refractivity contribution in [1.82, 2.24) is 10.6 Å². The van der Waals surface area contributed by atoms with E-state index >= 15 is 0 Å². The molecule has 0 spiro atoms. The quantitative estimate of drug-likeness (QED) is 0.712. The minimum absolute atomic E-state index is 0.138. The first-order valence-electron chi connectivity index (χ1n) is 8.78. The number of amides is 2. The molecule has 2 rings (SSSR count). The summed E-state index contributed by atoms with van der Waals surface area (Å²) in [7, 11) is -3.75. The highest BCUT2D eigenvalue weighted by Crippen LogP contribution is 2.28. The van der Waals surface area contributed by atoms with Gasteiger partial charge in [0.25, 0.3) is 0 Å². The zero-order valence-corrected chi connectivity index (χ0v) is 16.2. The van der Waals surface area contributed by atoms with E-state index in [4.69, 9.17) is 0 Å². The van der Waals surface area contributed by atoms with Gasteiger partial charge in [-0.1, -0.05) is 55.5 Å². The summed E-state index contributed by atoms with van der Waals surface area (Å²) in [6, 6.07) is 16.6. The van der Waals surface area contributed by atoms with Gasteiger partial charge in [0.2, 0.25) is 0 Å². The molecular formula is C20H24N2O4S. The van der Waals surface area contributed by atoms with Crippen LogP contribution in [0.3, 0.4) is 0 Å². The lowest BCUT2D eigenvalue weighted by Gasteiger charge is -2.19. The number of nitrogens with one attached hydrogen (secondary N) is 2. The summed E-state index contributed by atoms with van der Waals surface area (Å²) < 4.78 is 26.2. The first-order valence-corrected chi connectivity index (χ1v) is 10.3. The average molecular weight is 388 g/mol. The molecule has 0 bridgehead atoms. The topological polar surface area (TPSA) is 92.3 Å². The Morgan fingerprint density at radius 3 is 2.04 bits per heavy atom. The van der Waals surface area contributed by atoms with E-state index in [2.05, 4.69) is 10.6 Å². The molecule has 2 atom stereocenters. The van der Waals surface area contributed by atoms with Gasteiger partial charge in [-0.3, -0.25) is 9.59 Å². The molecule has 7 heteroatoms. The number of benzene rings is 2. The van der Waals surface area contributed by atoms with Crippen LogP contribution in [0, 0.1) is 0 Å². The summed E-state index contributed by atoms with van der Waals surface area (Å²) in [5.41, 5.74) is 0.545. The van der Waals surface area contributed by atoms with Gasteiger partial charge in [0, 0.05) is 12.6 Å². The van der Waals surface area contributed by atoms with E-state index in [1.807, 2.05) is 6.92 Å². The Kier molecular flexibility index (Phi) is 7.12. The fourth-order valence-corrected chi connectivity index (χ4v) is 4.19. The molecule has 2 aromatic carbocycles. The van der Waals surface area contributed by atoms with Crippen molar-refractivity contribution in [3.8, 4) is 0 Å². The second-order valence-corrected chi connectivity index (χ2v) is 8.38. The first-order chi connectivity index (χ1) is 12.9. The van der Waals surface area contributed by atoms with Gasteiger partial charge in [-0.25, -0.2) is 8.42 Å². The van der Waals surface area contributed by atoms with Crippen molar-refractivity contribution >= 4 is 21.7 Å². The van der Waals surface area contributed by atoms with Gasteiger partial charge in [-0.15, -0.1) is 0 Å². The molecule has 0 radical (unpaired) electrons. The number of hydrogen-bond donors (Lipinski definition) is 2. The molecule has 27 heavy (non-hydrogen) atoms. The van der Waals surface area contributed by atoms with Crippen LogP contribution in [0.25, 0.3) is 0 Å². The fraction of sp³-hybridized carbons (Fsp3) is 0.300. The van der Waals surface area contributed by atoms with Crippen LogP contribution in [-0.4, -0.2) is 32.8 Å². The number of rotatable bonds is 7. The van der Waals surface area contributed by atoms with Crippen molar-refractivity contribution in [3.05, 3.63) is 66.2 Å². The van der Waals surface area contributed by atoms with E-state index in [1.54, 1.807) is 55.5 Å². The molecule has 2 aromatic rings. The maximum absolute atomic E-state index is 13.1. The lowest BCUT2D eigenvalue weighted by molar-refractivity contribution is -0.139. The van der Waals surface area contributed by atoms with E-state index < -0.39 is 26.9 Å². The van der Waals surface area contributed by atoms with Crippen LogP contribution in [0.2, 0.25) is 0 Å². The van der Waals surface area contributed by atoms with E-state index in [-0.39, 0.29) is 17.5 Å². The Bertz CT molecular complexity index is 867. The van der Waals surface area contributed by atoms with Gasteiger partial charge in [-0.2, -0.15) is 0 Å². The van der Waals surface area contributed by atoms with Gasteiger partial charge in [-0.05, 0) is 31.0 Å². The Morgan fingerprint density at radius 2 is 1.48 bits per heavy atom. The molecule has 0 aliphatic carbocycles. The molecule has 2 amide bonds. The number of carbonyl (C=O) groups excluding carboxylic acids is 2. The number of carbonyl (C=O) groups is 2. The van der Waals surface area contributed by atoms with Gasteiger partial charge in [0.15, 0.2) is 9.84 Å². The monoisotopic (exact) mass is 388 g/mol. The third-order valence-corrected chi connectivity index (χ3v) is 6.38. The number of hydrogen-bond acceptors (Lipinski definition) is 4. The van der Waals surface area contributed by atoms with Crippen molar-refractivity contribution in [3.63, 3.8) is 0 Å². The molecule has 0 saturated carbocycles. The zero-order chi connectivity index (χ0) is 19.9. The summed E-state index contributed by atoms with van der Waals surface area (Å²) in [5, 5.41) is 4.02. The molecule has 0 unspecified atom stereocenters. The zero-order valence-electron chi connectivity index (χ0n) is 15.4. The average Bonchev–Trinajstić information content (AvgIpc) is 2.69. The Labute approximate surface area is 159 Å². The SMILES string of the molecule is CC[C@H](C)NC(=O)C(=O)NC[C@@H](c1ccccc1)S(=O)(=O)c1ccccc1. The lowest BCUT2D eigenvalue weighted by Crippen LogP contribution is -2.45. The van der Waals surface area contributed by atoms with Gasteiger partial charge in [0.1, 0.15) is 5.25 Å². The fourth-order valence-electron chi connectivity index (χ4n) is 2.51. The van der Waals surface area contributed by atoms with E-state index in [1.165, 1.54) is 12.1 Å². The highest BCUT2D eigenvalue weighted by Gasteiger charge is 2.30. The molecule has 0 fully saturated rings. The summed E-state index contributed by atoms with van der Waals surface area (Å²) >= 11 is 0. The second-order valence-electron chi connectivity index (χ2n) is 6.25. The third kappa shape index (κ3) is 5.40. The largest absolute Gasteiger partial charge is 0.346 e. The maximum atomic E-state index is 13.1. The molecule has 0 aliphatic heterocycles. The first kappa shape index (κ1) is 20.6. The number of sulfone groups is 1. The molecule has 0 aromatic heterocycles. The molecule has 0 saturated heterocycles. The van der Waals surface area contributed by atoms with Crippen molar-refractivity contribution in [2.75, 3.05) is 6.54 Å². The van der Waals surface area contributed by atoms with Crippen molar-refractivity contribution in [2.45, 2.75) is 36.5 Å². The molecule has 0 aliphatic rings. The summed E-state index contributed by atoms with van der Waals surface area (Å²) in [5.74, 6) is -1.62. The molecule has 2 N–H and O–H groups in total. The van der Waals surface area contributed by atoms with Crippen molar-refractivity contribution < 1.29 is 18.0 Å². The van der Waals surface area contributed by atoms with Crippen LogP contribution >= 0.6 is 0 Å². The Morgan fingerprint density at radius 1 is 0.926 bits per heavy atom. The minimum atomic E-state index is -3.75. The minimum Gasteiger partial charge on any atom is -0.346 e. The second kappa shape index (κ2) is 9.32. The van der Waals surface area contributed by atoms with Gasteiger partial charge >= 0.3 is 11.8 Å². The summed E-state index contributed by atoms with van der Waals surface area (Å²) in [4.78, 5) is 24.1. The Balaban J connectivity index is 2.23. The highest BCUT2D eigenvalue weighted by molar-refractivity contribution is 7.91.